The van der Waals surface area contributed by atoms with Crippen molar-refractivity contribution in [1.82, 2.24) is 5.32 Å². The Kier molecular flexibility index (Phi) is 7.78. The molecule has 5 heteroatoms. The maximum atomic E-state index is 12.0. The molecule has 0 aliphatic rings. The van der Waals surface area contributed by atoms with Gasteiger partial charge in [-0.05, 0) is 33.4 Å². The fraction of sp³-hybridized carbons (Fsp3) is 1.00. The van der Waals surface area contributed by atoms with E-state index in [0.29, 0.717) is 6.42 Å². The Morgan fingerprint density at radius 1 is 1.13 bits per heavy atom. The standard InChI is InChI=1S/C10H20F3NO/c1-9(10(11,12)13)15-8-6-4-3-5-7-14-2/h9,14H,3-8H2,1-2H3. The highest BCUT2D eigenvalue weighted by atomic mass is 19.4. The van der Waals surface area contributed by atoms with Crippen molar-refractivity contribution in [3.63, 3.8) is 0 Å². The molecule has 0 radical (unpaired) electrons. The second-order valence-corrected chi connectivity index (χ2v) is 3.57. The summed E-state index contributed by atoms with van der Waals surface area (Å²) >= 11 is 0. The van der Waals surface area contributed by atoms with Crippen LogP contribution in [-0.4, -0.2) is 32.5 Å². The quantitative estimate of drug-likeness (QED) is 0.644. The normalized spacial score (nSPS) is 14.2. The number of hydrogen-bond donors (Lipinski definition) is 1. The number of unbranched alkanes of at least 4 members (excludes halogenated alkanes) is 3. The Morgan fingerprint density at radius 2 is 1.73 bits per heavy atom. The Bertz CT molecular complexity index is 150. The number of rotatable bonds is 8. The molecule has 0 spiro atoms. The first-order chi connectivity index (χ1) is 6.98. The van der Waals surface area contributed by atoms with Gasteiger partial charge in [-0.1, -0.05) is 12.8 Å². The van der Waals surface area contributed by atoms with Crippen LogP contribution in [-0.2, 0) is 4.74 Å². The van der Waals surface area contributed by atoms with Gasteiger partial charge in [-0.25, -0.2) is 0 Å². The number of halogens is 3. The molecule has 0 aromatic rings. The van der Waals surface area contributed by atoms with Gasteiger partial charge in [0.1, 0.15) is 0 Å². The topological polar surface area (TPSA) is 21.3 Å². The first-order valence-corrected chi connectivity index (χ1v) is 5.31. The second-order valence-electron chi connectivity index (χ2n) is 3.57. The van der Waals surface area contributed by atoms with Crippen molar-refractivity contribution in [2.75, 3.05) is 20.2 Å². The van der Waals surface area contributed by atoms with Crippen molar-refractivity contribution in [3.05, 3.63) is 0 Å². The van der Waals surface area contributed by atoms with Gasteiger partial charge in [0, 0.05) is 6.61 Å². The molecule has 0 aliphatic carbocycles. The molecule has 1 N–H and O–H groups in total. The van der Waals surface area contributed by atoms with Gasteiger partial charge in [0.25, 0.3) is 0 Å². The van der Waals surface area contributed by atoms with Gasteiger partial charge in [0.15, 0.2) is 6.10 Å². The predicted molar refractivity (Wildman–Crippen MR) is 53.9 cm³/mol. The van der Waals surface area contributed by atoms with E-state index in [9.17, 15) is 13.2 Å². The Labute approximate surface area is 89.2 Å². The van der Waals surface area contributed by atoms with Crippen molar-refractivity contribution in [1.29, 1.82) is 0 Å². The molecule has 92 valence electrons. The fourth-order valence-corrected chi connectivity index (χ4v) is 1.11. The average Bonchev–Trinajstić information content (AvgIpc) is 2.14. The highest BCUT2D eigenvalue weighted by molar-refractivity contribution is 4.60. The molecule has 15 heavy (non-hydrogen) atoms. The molecule has 0 saturated carbocycles. The smallest absolute Gasteiger partial charge is 0.369 e. The fourth-order valence-electron chi connectivity index (χ4n) is 1.11. The SMILES string of the molecule is CNCCCCCCOC(C)C(F)(F)F. The average molecular weight is 227 g/mol. The van der Waals surface area contributed by atoms with Crippen LogP contribution in [0.4, 0.5) is 13.2 Å². The zero-order chi connectivity index (χ0) is 11.7. The first kappa shape index (κ1) is 14.7. The van der Waals surface area contributed by atoms with Gasteiger partial charge in [-0.2, -0.15) is 13.2 Å². The minimum absolute atomic E-state index is 0.195. The van der Waals surface area contributed by atoms with Crippen molar-refractivity contribution < 1.29 is 17.9 Å². The summed E-state index contributed by atoms with van der Waals surface area (Å²) in [6, 6.07) is 0. The van der Waals surface area contributed by atoms with Gasteiger partial charge in [0.05, 0.1) is 0 Å². The first-order valence-electron chi connectivity index (χ1n) is 5.31. The van der Waals surface area contributed by atoms with Crippen molar-refractivity contribution >= 4 is 0 Å². The molecule has 0 aromatic carbocycles. The van der Waals surface area contributed by atoms with Crippen LogP contribution in [0.3, 0.4) is 0 Å². The highest BCUT2D eigenvalue weighted by Gasteiger charge is 2.36. The maximum absolute atomic E-state index is 12.0. The van der Waals surface area contributed by atoms with Crippen molar-refractivity contribution in [2.24, 2.45) is 0 Å². The zero-order valence-corrected chi connectivity index (χ0v) is 9.36. The van der Waals surface area contributed by atoms with Crippen LogP contribution in [0, 0.1) is 0 Å². The lowest BCUT2D eigenvalue weighted by Crippen LogP contribution is -2.28. The molecule has 0 aliphatic heterocycles. The molecule has 2 nitrogen and oxygen atoms in total. The molecule has 0 aromatic heterocycles. The predicted octanol–water partition coefficient (Wildman–Crippen LogP) is 2.73. The summed E-state index contributed by atoms with van der Waals surface area (Å²) in [4.78, 5) is 0. The summed E-state index contributed by atoms with van der Waals surface area (Å²) in [5, 5.41) is 3.02. The minimum Gasteiger partial charge on any atom is -0.369 e. The molecular weight excluding hydrogens is 207 g/mol. The van der Waals surface area contributed by atoms with Gasteiger partial charge in [0.2, 0.25) is 0 Å². The summed E-state index contributed by atoms with van der Waals surface area (Å²) in [7, 11) is 1.88. The molecule has 0 heterocycles. The summed E-state index contributed by atoms with van der Waals surface area (Å²) in [5.74, 6) is 0. The number of alkyl halides is 3. The van der Waals surface area contributed by atoms with Crippen LogP contribution >= 0.6 is 0 Å². The minimum atomic E-state index is -4.23. The van der Waals surface area contributed by atoms with Gasteiger partial charge in [-0.3, -0.25) is 0 Å². The van der Waals surface area contributed by atoms with E-state index >= 15 is 0 Å². The van der Waals surface area contributed by atoms with Crippen LogP contribution in [0.1, 0.15) is 32.6 Å². The van der Waals surface area contributed by atoms with E-state index in [1.54, 1.807) is 0 Å². The maximum Gasteiger partial charge on any atom is 0.414 e. The van der Waals surface area contributed by atoms with Crippen molar-refractivity contribution in [2.45, 2.75) is 44.9 Å². The van der Waals surface area contributed by atoms with E-state index in [4.69, 9.17) is 0 Å². The highest BCUT2D eigenvalue weighted by Crippen LogP contribution is 2.22. The van der Waals surface area contributed by atoms with Crippen molar-refractivity contribution in [3.8, 4) is 0 Å². The monoisotopic (exact) mass is 227 g/mol. The lowest BCUT2D eigenvalue weighted by Gasteiger charge is -2.16. The van der Waals surface area contributed by atoms with Crippen LogP contribution in [0.2, 0.25) is 0 Å². The van der Waals surface area contributed by atoms with E-state index in [-0.39, 0.29) is 6.61 Å². The van der Waals surface area contributed by atoms with Crippen LogP contribution in [0.25, 0.3) is 0 Å². The molecule has 0 amide bonds. The number of ether oxygens (including phenoxy) is 1. The molecular formula is C10H20F3NO. The number of nitrogens with one attached hydrogen (secondary N) is 1. The van der Waals surface area contributed by atoms with E-state index in [2.05, 4.69) is 10.1 Å². The molecule has 1 atom stereocenters. The second kappa shape index (κ2) is 7.93. The van der Waals surface area contributed by atoms with Gasteiger partial charge < -0.3 is 10.1 Å². The lowest BCUT2D eigenvalue weighted by atomic mass is 10.2. The summed E-state index contributed by atoms with van der Waals surface area (Å²) in [6.07, 6.45) is -2.16. The molecule has 0 rings (SSSR count). The Balaban J connectivity index is 3.24. The van der Waals surface area contributed by atoms with Crippen LogP contribution in [0.15, 0.2) is 0 Å². The lowest BCUT2D eigenvalue weighted by molar-refractivity contribution is -0.214. The molecule has 1 unspecified atom stereocenters. The third kappa shape index (κ3) is 8.69. The van der Waals surface area contributed by atoms with E-state index in [0.717, 1.165) is 32.7 Å². The molecule has 0 bridgehead atoms. The molecule has 0 fully saturated rings. The Hall–Kier alpha value is -0.290. The largest absolute Gasteiger partial charge is 0.414 e. The van der Waals surface area contributed by atoms with Crippen LogP contribution < -0.4 is 5.32 Å². The van der Waals surface area contributed by atoms with E-state index in [1.165, 1.54) is 0 Å². The van der Waals surface area contributed by atoms with Crippen LogP contribution in [0.5, 0.6) is 0 Å². The zero-order valence-electron chi connectivity index (χ0n) is 9.36. The van der Waals surface area contributed by atoms with E-state index < -0.39 is 12.3 Å². The van der Waals surface area contributed by atoms with Gasteiger partial charge >= 0.3 is 6.18 Å². The summed E-state index contributed by atoms with van der Waals surface area (Å²) in [5.41, 5.74) is 0. The number of hydrogen-bond acceptors (Lipinski definition) is 2. The van der Waals surface area contributed by atoms with Gasteiger partial charge in [-0.15, -0.1) is 0 Å². The third-order valence-electron chi connectivity index (χ3n) is 2.15. The Morgan fingerprint density at radius 3 is 2.27 bits per heavy atom. The van der Waals surface area contributed by atoms with E-state index in [1.807, 2.05) is 7.05 Å². The summed E-state index contributed by atoms with van der Waals surface area (Å²) < 4.78 is 40.6. The summed E-state index contributed by atoms with van der Waals surface area (Å²) in [6.45, 7) is 2.20. The third-order valence-corrected chi connectivity index (χ3v) is 2.15. The molecule has 0 saturated heterocycles.